The molecule has 4 rings (SSSR count). The van der Waals surface area contributed by atoms with Gasteiger partial charge in [0.1, 0.15) is 11.9 Å². The van der Waals surface area contributed by atoms with Crippen LogP contribution in [0.5, 0.6) is 0 Å². The van der Waals surface area contributed by atoms with E-state index in [0.29, 0.717) is 17.8 Å². The molecule has 3 aromatic rings. The molecule has 1 aliphatic rings. The summed E-state index contributed by atoms with van der Waals surface area (Å²) in [5, 5.41) is 21.7. The van der Waals surface area contributed by atoms with Gasteiger partial charge in [0.05, 0.1) is 6.61 Å². The quantitative estimate of drug-likeness (QED) is 0.755. The van der Waals surface area contributed by atoms with Crippen LogP contribution in [0.25, 0.3) is 10.8 Å². The SMILES string of the molecule is O=C(O)C1C(CO)c2cc(F)ccc2N1Cc1cccc2ccccc12. The molecular weight excluding hydrogens is 333 g/mol. The Balaban J connectivity index is 1.82. The van der Waals surface area contributed by atoms with E-state index >= 15 is 0 Å². The van der Waals surface area contributed by atoms with E-state index in [1.807, 2.05) is 42.5 Å². The van der Waals surface area contributed by atoms with Gasteiger partial charge < -0.3 is 15.1 Å². The van der Waals surface area contributed by atoms with E-state index in [9.17, 15) is 19.4 Å². The Hall–Kier alpha value is -2.92. The normalized spacial score (nSPS) is 18.9. The van der Waals surface area contributed by atoms with Gasteiger partial charge in [-0.2, -0.15) is 0 Å². The fourth-order valence-electron chi connectivity index (χ4n) is 3.92. The summed E-state index contributed by atoms with van der Waals surface area (Å²) >= 11 is 0. The smallest absolute Gasteiger partial charge is 0.327 e. The minimum Gasteiger partial charge on any atom is -0.480 e. The van der Waals surface area contributed by atoms with Gasteiger partial charge in [0.25, 0.3) is 0 Å². The van der Waals surface area contributed by atoms with Crippen LogP contribution in [-0.2, 0) is 11.3 Å². The highest BCUT2D eigenvalue weighted by Gasteiger charge is 2.43. The van der Waals surface area contributed by atoms with Crippen molar-refractivity contribution in [1.29, 1.82) is 0 Å². The highest BCUT2D eigenvalue weighted by molar-refractivity contribution is 5.88. The summed E-state index contributed by atoms with van der Waals surface area (Å²) in [6.45, 7) is 0.0207. The Labute approximate surface area is 150 Å². The van der Waals surface area contributed by atoms with Crippen molar-refractivity contribution in [3.8, 4) is 0 Å². The van der Waals surface area contributed by atoms with Crippen LogP contribution in [0, 0.1) is 5.82 Å². The van der Waals surface area contributed by atoms with Gasteiger partial charge in [-0.25, -0.2) is 9.18 Å². The van der Waals surface area contributed by atoms with Crippen molar-refractivity contribution in [2.75, 3.05) is 11.5 Å². The standard InChI is InChI=1S/C21H18FNO3/c22-15-8-9-19-17(10-15)18(12-24)20(21(25)26)23(19)11-14-6-3-5-13-4-1-2-7-16(13)14/h1-10,18,20,24H,11-12H2,(H,25,26). The van der Waals surface area contributed by atoms with Crippen LogP contribution >= 0.6 is 0 Å². The van der Waals surface area contributed by atoms with E-state index in [2.05, 4.69) is 0 Å². The third kappa shape index (κ3) is 2.61. The lowest BCUT2D eigenvalue weighted by Gasteiger charge is -2.27. The van der Waals surface area contributed by atoms with Crippen LogP contribution in [-0.4, -0.2) is 28.8 Å². The number of fused-ring (bicyclic) bond motifs is 2. The third-order valence-electron chi connectivity index (χ3n) is 5.09. The molecule has 132 valence electrons. The number of benzene rings is 3. The Morgan fingerprint density at radius 3 is 2.62 bits per heavy atom. The van der Waals surface area contributed by atoms with E-state index < -0.39 is 23.7 Å². The molecule has 0 fully saturated rings. The maximum Gasteiger partial charge on any atom is 0.327 e. The molecule has 2 N–H and O–H groups in total. The first-order chi connectivity index (χ1) is 12.6. The van der Waals surface area contributed by atoms with E-state index in [1.165, 1.54) is 12.1 Å². The number of nitrogens with zero attached hydrogens (tertiary/aromatic N) is 1. The van der Waals surface area contributed by atoms with Crippen molar-refractivity contribution >= 4 is 22.4 Å². The second-order valence-corrected chi connectivity index (χ2v) is 6.54. The van der Waals surface area contributed by atoms with E-state index in [1.54, 1.807) is 11.0 Å². The summed E-state index contributed by atoms with van der Waals surface area (Å²) in [6.07, 6.45) is 0. The van der Waals surface area contributed by atoms with Crippen molar-refractivity contribution < 1.29 is 19.4 Å². The molecule has 0 saturated carbocycles. The number of halogens is 1. The van der Waals surface area contributed by atoms with Crippen LogP contribution in [0.2, 0.25) is 0 Å². The zero-order valence-electron chi connectivity index (χ0n) is 14.0. The first-order valence-electron chi connectivity index (χ1n) is 8.46. The summed E-state index contributed by atoms with van der Waals surface area (Å²) in [4.78, 5) is 13.7. The van der Waals surface area contributed by atoms with Crippen molar-refractivity contribution in [1.82, 2.24) is 0 Å². The third-order valence-corrected chi connectivity index (χ3v) is 5.09. The largest absolute Gasteiger partial charge is 0.480 e. The maximum absolute atomic E-state index is 13.7. The second kappa shape index (κ2) is 6.42. The average Bonchev–Trinajstić information content (AvgIpc) is 2.95. The number of hydrogen-bond acceptors (Lipinski definition) is 3. The highest BCUT2D eigenvalue weighted by Crippen LogP contribution is 2.42. The second-order valence-electron chi connectivity index (χ2n) is 6.54. The topological polar surface area (TPSA) is 60.8 Å². The van der Waals surface area contributed by atoms with E-state index in [4.69, 9.17) is 0 Å². The molecule has 0 amide bonds. The maximum atomic E-state index is 13.7. The zero-order valence-corrected chi connectivity index (χ0v) is 14.0. The molecule has 0 aromatic heterocycles. The molecule has 0 saturated heterocycles. The van der Waals surface area contributed by atoms with Gasteiger partial charge in [0.2, 0.25) is 0 Å². The van der Waals surface area contributed by atoms with Gasteiger partial charge in [-0.1, -0.05) is 42.5 Å². The minimum absolute atomic E-state index is 0.348. The van der Waals surface area contributed by atoms with Gasteiger partial charge in [-0.3, -0.25) is 0 Å². The molecule has 0 bridgehead atoms. The van der Waals surface area contributed by atoms with Gasteiger partial charge in [0, 0.05) is 18.2 Å². The van der Waals surface area contributed by atoms with Gasteiger partial charge in [-0.15, -0.1) is 0 Å². The van der Waals surface area contributed by atoms with Crippen molar-refractivity contribution in [3.63, 3.8) is 0 Å². The number of rotatable bonds is 4. The predicted octanol–water partition coefficient (Wildman–Crippen LogP) is 3.53. The average molecular weight is 351 g/mol. The van der Waals surface area contributed by atoms with E-state index in [-0.39, 0.29) is 6.61 Å². The monoisotopic (exact) mass is 351 g/mol. The predicted molar refractivity (Wildman–Crippen MR) is 97.8 cm³/mol. The van der Waals surface area contributed by atoms with Gasteiger partial charge >= 0.3 is 5.97 Å². The van der Waals surface area contributed by atoms with Crippen molar-refractivity contribution in [3.05, 3.63) is 77.6 Å². The van der Waals surface area contributed by atoms with Crippen LogP contribution in [0.3, 0.4) is 0 Å². The van der Waals surface area contributed by atoms with Crippen LogP contribution in [0.1, 0.15) is 17.0 Å². The number of aliphatic hydroxyl groups is 1. The Kier molecular flexibility index (Phi) is 4.09. The lowest BCUT2D eigenvalue weighted by molar-refractivity contribution is -0.139. The number of carbonyl (C=O) groups is 1. The number of carboxylic acids is 1. The highest BCUT2D eigenvalue weighted by atomic mass is 19.1. The number of anilines is 1. The molecule has 26 heavy (non-hydrogen) atoms. The van der Waals surface area contributed by atoms with Gasteiger partial charge in [0.15, 0.2) is 0 Å². The molecule has 1 aliphatic heterocycles. The molecule has 5 heteroatoms. The van der Waals surface area contributed by atoms with Crippen molar-refractivity contribution in [2.24, 2.45) is 0 Å². The Morgan fingerprint density at radius 2 is 1.85 bits per heavy atom. The molecule has 2 unspecified atom stereocenters. The summed E-state index contributed by atoms with van der Waals surface area (Å²) in [5.74, 6) is -2.12. The Bertz CT molecular complexity index is 983. The number of aliphatic carboxylic acids is 1. The molecule has 0 spiro atoms. The molecule has 0 radical (unpaired) electrons. The van der Waals surface area contributed by atoms with Crippen LogP contribution in [0.4, 0.5) is 10.1 Å². The molecule has 3 aromatic carbocycles. The van der Waals surface area contributed by atoms with Gasteiger partial charge in [-0.05, 0) is 40.1 Å². The first-order valence-corrected chi connectivity index (χ1v) is 8.46. The molecule has 4 nitrogen and oxygen atoms in total. The summed E-state index contributed by atoms with van der Waals surface area (Å²) in [7, 11) is 0. The van der Waals surface area contributed by atoms with Crippen LogP contribution < -0.4 is 4.90 Å². The van der Waals surface area contributed by atoms with Crippen molar-refractivity contribution in [2.45, 2.75) is 18.5 Å². The Morgan fingerprint density at radius 1 is 1.08 bits per heavy atom. The van der Waals surface area contributed by atoms with E-state index in [0.717, 1.165) is 16.3 Å². The molecular formula is C21H18FNO3. The summed E-state index contributed by atoms with van der Waals surface area (Å²) < 4.78 is 13.7. The fraction of sp³-hybridized carbons (Fsp3) is 0.190. The summed E-state index contributed by atoms with van der Waals surface area (Å²) in [6, 6.07) is 17.2. The number of hydrogen-bond donors (Lipinski definition) is 2. The lowest BCUT2D eigenvalue weighted by Crippen LogP contribution is -2.41. The lowest BCUT2D eigenvalue weighted by atomic mass is 9.95. The molecule has 1 heterocycles. The molecule has 2 atom stereocenters. The minimum atomic E-state index is -1.03. The number of aliphatic hydroxyl groups excluding tert-OH is 1. The summed E-state index contributed by atoms with van der Waals surface area (Å²) in [5.41, 5.74) is 2.19. The number of carboxylic acid groups (broad SMARTS) is 1. The van der Waals surface area contributed by atoms with Crippen LogP contribution in [0.15, 0.2) is 60.7 Å². The first kappa shape index (κ1) is 16.5. The fourth-order valence-corrected chi connectivity index (χ4v) is 3.92. The zero-order chi connectivity index (χ0) is 18.3. The molecule has 0 aliphatic carbocycles.